The summed E-state index contributed by atoms with van der Waals surface area (Å²) < 4.78 is 21.4. The molecule has 1 aromatic rings. The molecule has 2 rings (SSSR count). The van der Waals surface area contributed by atoms with Gasteiger partial charge in [0, 0.05) is 19.2 Å². The first-order valence-electron chi connectivity index (χ1n) is 9.12. The van der Waals surface area contributed by atoms with Gasteiger partial charge in [0.05, 0.1) is 30.9 Å². The van der Waals surface area contributed by atoms with Crippen molar-refractivity contribution in [3.63, 3.8) is 0 Å². The summed E-state index contributed by atoms with van der Waals surface area (Å²) in [6.07, 6.45) is 2.70. The Morgan fingerprint density at radius 2 is 1.96 bits per heavy atom. The van der Waals surface area contributed by atoms with E-state index in [2.05, 4.69) is 0 Å². The van der Waals surface area contributed by atoms with E-state index in [-0.39, 0.29) is 24.7 Å². The van der Waals surface area contributed by atoms with Crippen LogP contribution in [0.3, 0.4) is 0 Å². The topological polar surface area (TPSA) is 74.3 Å². The molecule has 0 bridgehead atoms. The van der Waals surface area contributed by atoms with Crippen LogP contribution in [0, 0.1) is 0 Å². The second kappa shape index (κ2) is 10.3. The van der Waals surface area contributed by atoms with Gasteiger partial charge in [0.25, 0.3) is 5.91 Å². The van der Waals surface area contributed by atoms with E-state index in [1.54, 1.807) is 17.0 Å². The maximum atomic E-state index is 12.2. The van der Waals surface area contributed by atoms with Crippen LogP contribution in [0.4, 0.5) is 0 Å². The van der Waals surface area contributed by atoms with E-state index in [1.807, 2.05) is 20.8 Å². The quantitative estimate of drug-likeness (QED) is 0.507. The van der Waals surface area contributed by atoms with E-state index < -0.39 is 5.97 Å². The number of nitrogens with zero attached hydrogens (tertiary/aromatic N) is 1. The summed E-state index contributed by atoms with van der Waals surface area (Å²) in [6.45, 7) is 6.77. The predicted octanol–water partition coefficient (Wildman–Crippen LogP) is 2.94. The first-order chi connectivity index (χ1) is 13.3. The van der Waals surface area contributed by atoms with Gasteiger partial charge in [-0.1, -0.05) is 11.6 Å². The molecule has 1 aliphatic heterocycles. The second-order valence-electron chi connectivity index (χ2n) is 6.46. The average Bonchev–Trinajstić information content (AvgIpc) is 2.65. The molecular weight excluding hydrogens is 386 g/mol. The van der Waals surface area contributed by atoms with Crippen molar-refractivity contribution in [2.45, 2.75) is 33.0 Å². The molecule has 0 saturated carbocycles. The van der Waals surface area contributed by atoms with Crippen LogP contribution in [-0.4, -0.2) is 62.4 Å². The third kappa shape index (κ3) is 6.14. The van der Waals surface area contributed by atoms with Crippen LogP contribution in [0.1, 0.15) is 26.3 Å². The number of halogens is 1. The molecule has 0 N–H and O–H groups in total. The standard InChI is InChI=1S/C20H26ClNO6/c1-5-26-20-16(21)8-15(9-17(20)25-4)6-7-19(24)27-12-18(23)22-10-13(2)28-14(3)11-22/h6-9,13-14H,5,10-12H2,1-4H3/b7-6+/t13-,14+. The van der Waals surface area contributed by atoms with Crippen molar-refractivity contribution in [2.24, 2.45) is 0 Å². The van der Waals surface area contributed by atoms with Gasteiger partial charge in [0.15, 0.2) is 18.1 Å². The number of ether oxygens (including phenoxy) is 4. The van der Waals surface area contributed by atoms with Gasteiger partial charge in [-0.2, -0.15) is 0 Å². The van der Waals surface area contributed by atoms with E-state index in [0.717, 1.165) is 0 Å². The molecule has 0 aliphatic carbocycles. The molecule has 8 heteroatoms. The molecule has 0 unspecified atom stereocenters. The zero-order valence-electron chi connectivity index (χ0n) is 16.6. The third-order valence-electron chi connectivity index (χ3n) is 4.06. The molecule has 0 aromatic heterocycles. The number of esters is 1. The van der Waals surface area contributed by atoms with Crippen molar-refractivity contribution in [2.75, 3.05) is 33.4 Å². The van der Waals surface area contributed by atoms with Crippen LogP contribution >= 0.6 is 11.6 Å². The number of methoxy groups -OCH3 is 1. The van der Waals surface area contributed by atoms with E-state index in [9.17, 15) is 9.59 Å². The Morgan fingerprint density at radius 3 is 2.57 bits per heavy atom. The molecule has 154 valence electrons. The molecule has 7 nitrogen and oxygen atoms in total. The maximum absolute atomic E-state index is 12.2. The summed E-state index contributed by atoms with van der Waals surface area (Å²) in [5.74, 6) is 0.0558. The zero-order valence-corrected chi connectivity index (χ0v) is 17.3. The van der Waals surface area contributed by atoms with E-state index >= 15 is 0 Å². The fraction of sp³-hybridized carbons (Fsp3) is 0.500. The van der Waals surface area contributed by atoms with Crippen molar-refractivity contribution in [3.8, 4) is 11.5 Å². The lowest BCUT2D eigenvalue weighted by molar-refractivity contribution is -0.154. The Hall–Kier alpha value is -2.25. The molecule has 0 spiro atoms. The number of carbonyl (C=O) groups is 2. The monoisotopic (exact) mass is 411 g/mol. The van der Waals surface area contributed by atoms with Gasteiger partial charge < -0.3 is 23.8 Å². The molecule has 1 amide bonds. The highest BCUT2D eigenvalue weighted by Crippen LogP contribution is 2.36. The minimum absolute atomic E-state index is 0.0392. The first kappa shape index (κ1) is 22.0. The SMILES string of the molecule is CCOc1c(Cl)cc(/C=C/C(=O)OCC(=O)N2C[C@@H](C)O[C@@H](C)C2)cc1OC. The van der Waals surface area contributed by atoms with E-state index in [0.29, 0.717) is 41.8 Å². The lowest BCUT2D eigenvalue weighted by Gasteiger charge is -2.35. The van der Waals surface area contributed by atoms with Gasteiger partial charge >= 0.3 is 5.97 Å². The predicted molar refractivity (Wildman–Crippen MR) is 106 cm³/mol. The van der Waals surface area contributed by atoms with Crippen LogP contribution < -0.4 is 9.47 Å². The van der Waals surface area contributed by atoms with Crippen LogP contribution in [0.25, 0.3) is 6.08 Å². The third-order valence-corrected chi connectivity index (χ3v) is 4.34. The molecule has 2 atom stereocenters. The summed E-state index contributed by atoms with van der Waals surface area (Å²) in [4.78, 5) is 25.8. The molecule has 1 heterocycles. The highest BCUT2D eigenvalue weighted by Gasteiger charge is 2.26. The number of benzene rings is 1. The summed E-state index contributed by atoms with van der Waals surface area (Å²) in [6, 6.07) is 3.35. The summed E-state index contributed by atoms with van der Waals surface area (Å²) in [5, 5.41) is 0.375. The largest absolute Gasteiger partial charge is 0.493 e. The second-order valence-corrected chi connectivity index (χ2v) is 6.87. The fourth-order valence-electron chi connectivity index (χ4n) is 2.94. The van der Waals surface area contributed by atoms with Crippen molar-refractivity contribution in [1.82, 2.24) is 4.90 Å². The minimum atomic E-state index is -0.619. The van der Waals surface area contributed by atoms with Gasteiger partial charge in [0.1, 0.15) is 0 Å². The van der Waals surface area contributed by atoms with Gasteiger partial charge in [-0.3, -0.25) is 4.79 Å². The number of hydrogen-bond donors (Lipinski definition) is 0. The Balaban J connectivity index is 1.93. The Morgan fingerprint density at radius 1 is 1.29 bits per heavy atom. The number of morpholine rings is 1. The van der Waals surface area contributed by atoms with Gasteiger partial charge in [-0.25, -0.2) is 4.79 Å². The smallest absolute Gasteiger partial charge is 0.331 e. The average molecular weight is 412 g/mol. The summed E-state index contributed by atoms with van der Waals surface area (Å²) in [7, 11) is 1.51. The van der Waals surface area contributed by atoms with Gasteiger partial charge in [0.2, 0.25) is 0 Å². The maximum Gasteiger partial charge on any atom is 0.331 e. The lowest BCUT2D eigenvalue weighted by Crippen LogP contribution is -2.49. The minimum Gasteiger partial charge on any atom is -0.493 e. The Bertz CT molecular complexity index is 726. The van der Waals surface area contributed by atoms with Gasteiger partial charge in [-0.05, 0) is 44.5 Å². The highest BCUT2D eigenvalue weighted by molar-refractivity contribution is 6.32. The highest BCUT2D eigenvalue weighted by atomic mass is 35.5. The van der Waals surface area contributed by atoms with Crippen LogP contribution in [0.2, 0.25) is 5.02 Å². The van der Waals surface area contributed by atoms with E-state index in [4.69, 9.17) is 30.5 Å². The van der Waals surface area contributed by atoms with E-state index in [1.165, 1.54) is 19.3 Å². The normalized spacial score (nSPS) is 19.5. The molecule has 1 fully saturated rings. The number of amides is 1. The molecule has 1 aromatic carbocycles. The lowest BCUT2D eigenvalue weighted by atomic mass is 10.2. The summed E-state index contributed by atoms with van der Waals surface area (Å²) in [5.41, 5.74) is 0.643. The van der Waals surface area contributed by atoms with Crippen LogP contribution in [-0.2, 0) is 19.1 Å². The Labute approximate surface area is 170 Å². The van der Waals surface area contributed by atoms with Crippen molar-refractivity contribution >= 4 is 29.6 Å². The molecule has 0 radical (unpaired) electrons. The first-order valence-corrected chi connectivity index (χ1v) is 9.50. The van der Waals surface area contributed by atoms with Crippen molar-refractivity contribution < 1.29 is 28.5 Å². The van der Waals surface area contributed by atoms with Crippen molar-refractivity contribution in [1.29, 1.82) is 0 Å². The number of rotatable bonds is 7. The zero-order chi connectivity index (χ0) is 20.7. The molecule has 28 heavy (non-hydrogen) atoms. The molecular formula is C20H26ClNO6. The molecule has 1 aliphatic rings. The van der Waals surface area contributed by atoms with Crippen LogP contribution in [0.5, 0.6) is 11.5 Å². The number of hydrogen-bond acceptors (Lipinski definition) is 6. The molecule has 1 saturated heterocycles. The fourth-order valence-corrected chi connectivity index (χ4v) is 3.21. The van der Waals surface area contributed by atoms with Crippen molar-refractivity contribution in [3.05, 3.63) is 28.8 Å². The van der Waals surface area contributed by atoms with Gasteiger partial charge in [-0.15, -0.1) is 0 Å². The number of carbonyl (C=O) groups excluding carboxylic acids is 2. The summed E-state index contributed by atoms with van der Waals surface area (Å²) >= 11 is 6.20. The van der Waals surface area contributed by atoms with Crippen LogP contribution in [0.15, 0.2) is 18.2 Å². The Kier molecular flexibility index (Phi) is 8.14.